The molecule has 0 saturated carbocycles. The minimum Gasteiger partial charge on any atom is -0.444 e. The number of rotatable bonds is 7. The van der Waals surface area contributed by atoms with Gasteiger partial charge in [-0.2, -0.15) is 9.61 Å². The minimum atomic E-state index is -0.714. The van der Waals surface area contributed by atoms with E-state index < -0.39 is 29.5 Å². The van der Waals surface area contributed by atoms with Crippen LogP contribution in [0.4, 0.5) is 21.2 Å². The summed E-state index contributed by atoms with van der Waals surface area (Å²) in [5.41, 5.74) is 0.383. The first kappa shape index (κ1) is 32.8. The number of ether oxygens (including phenoxy) is 2. The second-order valence-corrected chi connectivity index (χ2v) is 14.3. The number of aromatic nitrogens is 3. The third kappa shape index (κ3) is 8.29. The number of hydrogen-bond acceptors (Lipinski definition) is 9. The number of carbonyl (C=O) groups is 2. The van der Waals surface area contributed by atoms with E-state index >= 15 is 0 Å². The number of amides is 2. The Bertz CT molecular complexity index is 1280. The van der Waals surface area contributed by atoms with E-state index in [1.54, 1.807) is 14.3 Å². The van der Waals surface area contributed by atoms with Crippen molar-refractivity contribution in [3.63, 3.8) is 0 Å². The highest BCUT2D eigenvalue weighted by Gasteiger charge is 2.34. The predicted molar refractivity (Wildman–Crippen MR) is 167 cm³/mol. The zero-order valence-corrected chi connectivity index (χ0v) is 27.4. The number of nitrogens with one attached hydrogen (secondary N) is 1. The molecule has 43 heavy (non-hydrogen) atoms. The van der Waals surface area contributed by atoms with E-state index in [4.69, 9.17) is 14.5 Å². The molecule has 0 radical (unpaired) electrons. The molecule has 4 heterocycles. The average Bonchev–Trinajstić information content (AvgIpc) is 3.50. The molecule has 12 heteroatoms. The van der Waals surface area contributed by atoms with Crippen LogP contribution < -0.4 is 10.2 Å². The highest BCUT2D eigenvalue weighted by Crippen LogP contribution is 2.29. The Morgan fingerprint density at radius 3 is 2.40 bits per heavy atom. The summed E-state index contributed by atoms with van der Waals surface area (Å²) in [5, 5.41) is 19.0. The normalized spacial score (nSPS) is 21.8. The smallest absolute Gasteiger partial charge is 0.416 e. The van der Waals surface area contributed by atoms with Gasteiger partial charge in [0.15, 0.2) is 5.65 Å². The summed E-state index contributed by atoms with van der Waals surface area (Å²) < 4.78 is 13.1. The molecule has 2 N–H and O–H groups in total. The fourth-order valence-electron chi connectivity index (χ4n) is 5.60. The molecule has 4 rings (SSSR count). The van der Waals surface area contributed by atoms with Crippen molar-refractivity contribution in [2.75, 3.05) is 50.0 Å². The second-order valence-electron chi connectivity index (χ2n) is 14.3. The van der Waals surface area contributed by atoms with Gasteiger partial charge in [0.25, 0.3) is 0 Å². The van der Waals surface area contributed by atoms with Crippen LogP contribution >= 0.6 is 0 Å². The van der Waals surface area contributed by atoms with E-state index in [0.717, 1.165) is 24.9 Å². The van der Waals surface area contributed by atoms with Crippen molar-refractivity contribution in [3.05, 3.63) is 17.8 Å². The molecule has 2 aliphatic rings. The molecule has 0 aliphatic carbocycles. The first-order valence-corrected chi connectivity index (χ1v) is 15.5. The number of hydrogen-bond donors (Lipinski definition) is 2. The van der Waals surface area contributed by atoms with Gasteiger partial charge in [0.1, 0.15) is 22.8 Å². The van der Waals surface area contributed by atoms with Crippen LogP contribution in [0, 0.1) is 5.92 Å². The molecule has 2 amide bonds. The summed E-state index contributed by atoms with van der Waals surface area (Å²) in [5.74, 6) is 1.24. The van der Waals surface area contributed by atoms with Crippen LogP contribution in [0.25, 0.3) is 5.65 Å². The van der Waals surface area contributed by atoms with Crippen molar-refractivity contribution < 1.29 is 24.2 Å². The third-order valence-corrected chi connectivity index (χ3v) is 7.98. The van der Waals surface area contributed by atoms with Gasteiger partial charge in [0, 0.05) is 43.2 Å². The number of aliphatic hydroxyl groups excluding tert-OH is 1. The Morgan fingerprint density at radius 1 is 1.12 bits per heavy atom. The topological polar surface area (TPSA) is 125 Å². The van der Waals surface area contributed by atoms with Crippen LogP contribution in [-0.2, 0) is 9.47 Å². The Labute approximate surface area is 255 Å². The van der Waals surface area contributed by atoms with E-state index in [0.29, 0.717) is 43.3 Å². The number of likely N-dealkylation sites (N-methyl/N-ethyl adjacent to an activating group) is 1. The molecule has 2 fully saturated rings. The molecule has 2 aromatic rings. The van der Waals surface area contributed by atoms with E-state index in [-0.39, 0.29) is 24.4 Å². The molecule has 2 aromatic heterocycles. The van der Waals surface area contributed by atoms with Gasteiger partial charge < -0.3 is 29.7 Å². The number of β-amino-alcohol motifs (C(OH)–C–C–N with tert-alkyl or cyclic N) is 1. The van der Waals surface area contributed by atoms with E-state index in [2.05, 4.69) is 36.2 Å². The number of nitrogens with zero attached hydrogens (tertiary/aromatic N) is 6. The first-order valence-electron chi connectivity index (χ1n) is 15.5. The first-order chi connectivity index (χ1) is 20.0. The van der Waals surface area contributed by atoms with Crippen LogP contribution in [0.15, 0.2) is 12.3 Å². The summed E-state index contributed by atoms with van der Waals surface area (Å²) in [6, 6.07) is 2.03. The van der Waals surface area contributed by atoms with Gasteiger partial charge in [-0.25, -0.2) is 14.6 Å². The highest BCUT2D eigenvalue weighted by atomic mass is 16.6. The van der Waals surface area contributed by atoms with Gasteiger partial charge in [-0.1, -0.05) is 13.8 Å². The molecule has 0 spiro atoms. The maximum Gasteiger partial charge on any atom is 0.416 e. The van der Waals surface area contributed by atoms with E-state index in [1.807, 2.05) is 53.8 Å². The lowest BCUT2D eigenvalue weighted by atomic mass is 9.94. The Kier molecular flexibility index (Phi) is 9.80. The number of carbonyl (C=O) groups excluding carboxylic acids is 2. The van der Waals surface area contributed by atoms with Gasteiger partial charge in [-0.3, -0.25) is 4.90 Å². The van der Waals surface area contributed by atoms with Crippen LogP contribution in [0.1, 0.15) is 86.1 Å². The van der Waals surface area contributed by atoms with Gasteiger partial charge in [0.2, 0.25) is 0 Å². The molecule has 1 unspecified atom stereocenters. The van der Waals surface area contributed by atoms with Crippen LogP contribution in [0.3, 0.4) is 0 Å². The number of likely N-dealkylation sites (tertiary alicyclic amines) is 2. The quantitative estimate of drug-likeness (QED) is 0.464. The summed E-state index contributed by atoms with van der Waals surface area (Å²) in [7, 11) is 2.09. The monoisotopic (exact) mass is 601 g/mol. The lowest BCUT2D eigenvalue weighted by Gasteiger charge is -2.36. The number of piperidine rings is 1. The number of aliphatic hydroxyl groups is 1. The minimum absolute atomic E-state index is 0.0938. The molecular formula is C31H51N7O5. The Hall–Kier alpha value is -3.12. The predicted octanol–water partition coefficient (Wildman–Crippen LogP) is 4.72. The van der Waals surface area contributed by atoms with Crippen molar-refractivity contribution in [1.29, 1.82) is 0 Å². The Balaban J connectivity index is 1.60. The molecule has 0 bridgehead atoms. The number of anilines is 2. The number of fused-ring (bicyclic) bond motifs is 1. The third-order valence-electron chi connectivity index (χ3n) is 7.98. The van der Waals surface area contributed by atoms with Crippen molar-refractivity contribution in [1.82, 2.24) is 24.4 Å². The van der Waals surface area contributed by atoms with E-state index in [1.165, 1.54) is 0 Å². The summed E-state index contributed by atoms with van der Waals surface area (Å²) in [6.45, 7) is 17.9. The van der Waals surface area contributed by atoms with Crippen molar-refractivity contribution in [3.8, 4) is 0 Å². The lowest BCUT2D eigenvalue weighted by molar-refractivity contribution is -0.0104. The van der Waals surface area contributed by atoms with Gasteiger partial charge >= 0.3 is 12.2 Å². The fraction of sp³-hybridized carbons (Fsp3) is 0.742. The summed E-state index contributed by atoms with van der Waals surface area (Å²) >= 11 is 0. The SMILES string of the molecule is CC(C)c1cnn2c(N(CC3CCCN3C)C(=O)OC(C)(C)C)cc(NC[C@H]3CCN(C(=O)OC(C)(C)C)C[C@@H]3O)nc12. The zero-order chi connectivity index (χ0) is 31.7. The average molecular weight is 602 g/mol. The second kappa shape index (κ2) is 12.9. The van der Waals surface area contributed by atoms with Gasteiger partial charge in [-0.05, 0) is 80.3 Å². The van der Waals surface area contributed by atoms with Crippen molar-refractivity contribution in [2.24, 2.45) is 5.92 Å². The van der Waals surface area contributed by atoms with Crippen molar-refractivity contribution in [2.45, 2.75) is 104 Å². The lowest BCUT2D eigenvalue weighted by Crippen LogP contribution is -2.49. The van der Waals surface area contributed by atoms with Gasteiger partial charge in [-0.15, -0.1) is 0 Å². The molecular weight excluding hydrogens is 550 g/mol. The largest absolute Gasteiger partial charge is 0.444 e. The molecule has 240 valence electrons. The molecule has 2 aliphatic heterocycles. The Morgan fingerprint density at radius 2 is 1.81 bits per heavy atom. The van der Waals surface area contributed by atoms with E-state index in [9.17, 15) is 14.7 Å². The maximum atomic E-state index is 13.7. The molecule has 12 nitrogen and oxygen atoms in total. The molecule has 0 aromatic carbocycles. The summed E-state index contributed by atoms with van der Waals surface area (Å²) in [4.78, 5) is 36.7. The van der Waals surface area contributed by atoms with Crippen LogP contribution in [0.5, 0.6) is 0 Å². The summed E-state index contributed by atoms with van der Waals surface area (Å²) in [6.07, 6.45) is 2.94. The zero-order valence-electron chi connectivity index (χ0n) is 27.4. The molecule has 2 saturated heterocycles. The fourth-order valence-corrected chi connectivity index (χ4v) is 5.60. The van der Waals surface area contributed by atoms with Gasteiger partial charge in [0.05, 0.1) is 18.8 Å². The van der Waals surface area contributed by atoms with Crippen molar-refractivity contribution >= 4 is 29.5 Å². The standard InChI is InChI=1S/C31H51N7O5/c1-20(2)23-17-33-38-26(37(29(41)43-31(6,7)8)18-22-11-10-13-35(22)9)15-25(34-27(23)38)32-16-21-12-14-36(19-24(21)39)28(40)42-30(3,4)5/h15,17,20-22,24,39H,10-14,16,18-19H2,1-9H3,(H,32,34)/t21-,22?,24+/m1/s1. The van der Waals surface area contributed by atoms with Crippen LogP contribution in [0.2, 0.25) is 0 Å². The van der Waals surface area contributed by atoms with Crippen LogP contribution in [-0.4, -0.2) is 105 Å². The maximum absolute atomic E-state index is 13.7. The molecule has 3 atom stereocenters. The highest BCUT2D eigenvalue weighted by molar-refractivity contribution is 5.88.